The molecule has 0 radical (unpaired) electrons. The van der Waals surface area contributed by atoms with Gasteiger partial charge in [0.05, 0.1) is 0 Å². The van der Waals surface area contributed by atoms with Gasteiger partial charge in [0.1, 0.15) is 5.82 Å². The highest BCUT2D eigenvalue weighted by Gasteiger charge is 2.36. The Bertz CT molecular complexity index is 636. The van der Waals surface area contributed by atoms with Crippen LogP contribution in [0.3, 0.4) is 0 Å². The Balaban J connectivity index is 1.72. The molecule has 0 unspecified atom stereocenters. The lowest BCUT2D eigenvalue weighted by Crippen LogP contribution is -2.02. The molecule has 2 N–H and O–H groups in total. The number of anilines is 1. The van der Waals surface area contributed by atoms with Crippen LogP contribution in [0.15, 0.2) is 28.3 Å². The molecule has 4 rings (SSSR count). The van der Waals surface area contributed by atoms with Gasteiger partial charge in [0.2, 0.25) is 0 Å². The van der Waals surface area contributed by atoms with Gasteiger partial charge in [-0.05, 0) is 56.0 Å². The molecule has 0 spiro atoms. The third kappa shape index (κ3) is 2.10. The Kier molecular flexibility index (Phi) is 2.77. The van der Waals surface area contributed by atoms with Gasteiger partial charge in [0, 0.05) is 22.5 Å². The van der Waals surface area contributed by atoms with Crippen molar-refractivity contribution in [2.75, 3.05) is 5.73 Å². The van der Waals surface area contributed by atoms with Crippen LogP contribution in [0.4, 0.5) is 5.69 Å². The van der Waals surface area contributed by atoms with Gasteiger partial charge in [-0.25, -0.2) is 0 Å². The van der Waals surface area contributed by atoms with E-state index in [4.69, 9.17) is 5.73 Å². The first-order valence-electron chi connectivity index (χ1n) is 7.22. The maximum Gasteiger partial charge on any atom is 0.196 e. The molecule has 0 saturated heterocycles. The van der Waals surface area contributed by atoms with Gasteiger partial charge in [-0.2, -0.15) is 0 Å². The largest absolute Gasteiger partial charge is 0.398 e. The van der Waals surface area contributed by atoms with Crippen molar-refractivity contribution in [2.45, 2.75) is 54.6 Å². The number of aromatic nitrogens is 3. The second-order valence-corrected chi connectivity index (χ2v) is 6.79. The minimum Gasteiger partial charge on any atom is -0.398 e. The molecule has 2 fully saturated rings. The molecule has 2 aliphatic carbocycles. The Morgan fingerprint density at radius 2 is 2.00 bits per heavy atom. The lowest BCUT2D eigenvalue weighted by molar-refractivity contribution is 0.627. The van der Waals surface area contributed by atoms with Crippen molar-refractivity contribution in [3.05, 3.63) is 29.6 Å². The number of hydrogen-bond acceptors (Lipinski definition) is 4. The van der Waals surface area contributed by atoms with E-state index < -0.39 is 0 Å². The second kappa shape index (κ2) is 4.52. The summed E-state index contributed by atoms with van der Waals surface area (Å²) in [5.74, 6) is 1.84. The van der Waals surface area contributed by atoms with Crippen LogP contribution in [-0.4, -0.2) is 14.8 Å². The van der Waals surface area contributed by atoms with E-state index in [2.05, 4.69) is 27.8 Å². The topological polar surface area (TPSA) is 56.7 Å². The fraction of sp³-hybridized carbons (Fsp3) is 0.467. The summed E-state index contributed by atoms with van der Waals surface area (Å²) in [6.45, 7) is 2.10. The summed E-state index contributed by atoms with van der Waals surface area (Å²) in [5, 5.41) is 9.89. The Morgan fingerprint density at radius 1 is 1.20 bits per heavy atom. The van der Waals surface area contributed by atoms with Gasteiger partial charge >= 0.3 is 0 Å². The van der Waals surface area contributed by atoms with Crippen molar-refractivity contribution in [3.8, 4) is 0 Å². The van der Waals surface area contributed by atoms with Crippen LogP contribution < -0.4 is 5.73 Å². The van der Waals surface area contributed by atoms with Crippen molar-refractivity contribution < 1.29 is 0 Å². The molecule has 20 heavy (non-hydrogen) atoms. The van der Waals surface area contributed by atoms with E-state index in [-0.39, 0.29) is 0 Å². The molecule has 2 aromatic rings. The van der Waals surface area contributed by atoms with E-state index in [1.54, 1.807) is 11.8 Å². The first kappa shape index (κ1) is 12.3. The maximum absolute atomic E-state index is 6.11. The van der Waals surface area contributed by atoms with Crippen LogP contribution in [0.2, 0.25) is 0 Å². The molecule has 1 aromatic carbocycles. The Morgan fingerprint density at radius 3 is 2.65 bits per heavy atom. The summed E-state index contributed by atoms with van der Waals surface area (Å²) in [7, 11) is 0. The summed E-state index contributed by atoms with van der Waals surface area (Å²) in [6, 6.07) is 6.66. The van der Waals surface area contributed by atoms with Gasteiger partial charge in [-0.3, -0.25) is 0 Å². The van der Waals surface area contributed by atoms with Crippen LogP contribution in [-0.2, 0) is 0 Å². The van der Waals surface area contributed by atoms with Crippen molar-refractivity contribution in [1.82, 2.24) is 14.8 Å². The quantitative estimate of drug-likeness (QED) is 0.874. The van der Waals surface area contributed by atoms with Crippen LogP contribution in [0.25, 0.3) is 0 Å². The van der Waals surface area contributed by atoms with Crippen LogP contribution in [0.1, 0.15) is 49.0 Å². The predicted octanol–water partition coefficient (Wildman–Crippen LogP) is 3.53. The number of hydrogen-bond donors (Lipinski definition) is 1. The summed E-state index contributed by atoms with van der Waals surface area (Å²) >= 11 is 1.67. The molecular formula is C15H18N4S. The van der Waals surface area contributed by atoms with Crippen LogP contribution in [0.5, 0.6) is 0 Å². The van der Waals surface area contributed by atoms with Gasteiger partial charge < -0.3 is 10.3 Å². The smallest absolute Gasteiger partial charge is 0.196 e. The van der Waals surface area contributed by atoms with Crippen molar-refractivity contribution in [3.63, 3.8) is 0 Å². The van der Waals surface area contributed by atoms with E-state index in [0.29, 0.717) is 12.0 Å². The number of nitrogens with two attached hydrogens (primary N) is 1. The fourth-order valence-electron chi connectivity index (χ4n) is 2.56. The highest BCUT2D eigenvalue weighted by atomic mass is 32.2. The highest BCUT2D eigenvalue weighted by molar-refractivity contribution is 7.99. The number of nitrogen functional groups attached to an aromatic ring is 1. The summed E-state index contributed by atoms with van der Waals surface area (Å²) in [6.07, 6.45) is 5.05. The van der Waals surface area contributed by atoms with Crippen LogP contribution in [0, 0.1) is 6.92 Å². The minimum absolute atomic E-state index is 0.619. The Labute approximate surface area is 122 Å². The number of nitrogens with zero attached hydrogens (tertiary/aromatic N) is 3. The zero-order valence-electron chi connectivity index (χ0n) is 11.5. The lowest BCUT2D eigenvalue weighted by Gasteiger charge is -2.11. The molecule has 2 saturated carbocycles. The molecular weight excluding hydrogens is 268 g/mol. The van der Waals surface area contributed by atoms with Gasteiger partial charge in [-0.15, -0.1) is 10.2 Å². The Hall–Kier alpha value is -1.49. The second-order valence-electron chi connectivity index (χ2n) is 5.81. The maximum atomic E-state index is 6.11. The monoisotopic (exact) mass is 286 g/mol. The molecule has 0 bridgehead atoms. The SMILES string of the molecule is Cc1cccc(N)c1Sc1nnc(C2CC2)n1C1CC1. The fourth-order valence-corrected chi connectivity index (χ4v) is 3.58. The normalized spacial score (nSPS) is 18.4. The molecule has 1 aromatic heterocycles. The summed E-state index contributed by atoms with van der Waals surface area (Å²) in [4.78, 5) is 1.11. The van der Waals surface area contributed by atoms with E-state index in [9.17, 15) is 0 Å². The number of benzene rings is 1. The molecule has 0 amide bonds. The third-order valence-electron chi connectivity index (χ3n) is 3.98. The van der Waals surface area contributed by atoms with Crippen molar-refractivity contribution >= 4 is 17.4 Å². The molecule has 1 heterocycles. The third-order valence-corrected chi connectivity index (χ3v) is 5.20. The van der Waals surface area contributed by atoms with E-state index in [1.165, 1.54) is 37.1 Å². The van der Waals surface area contributed by atoms with Crippen molar-refractivity contribution in [1.29, 1.82) is 0 Å². The number of aryl methyl sites for hydroxylation is 1. The molecule has 0 aliphatic heterocycles. The van der Waals surface area contributed by atoms with Gasteiger partial charge in [-0.1, -0.05) is 12.1 Å². The summed E-state index contributed by atoms with van der Waals surface area (Å²) in [5.41, 5.74) is 8.14. The van der Waals surface area contributed by atoms with E-state index in [0.717, 1.165) is 15.7 Å². The molecule has 0 atom stereocenters. The predicted molar refractivity (Wildman–Crippen MR) is 80.0 cm³/mol. The minimum atomic E-state index is 0.619. The zero-order chi connectivity index (χ0) is 13.7. The van der Waals surface area contributed by atoms with Gasteiger partial charge in [0.25, 0.3) is 0 Å². The zero-order valence-corrected chi connectivity index (χ0v) is 12.4. The lowest BCUT2D eigenvalue weighted by atomic mass is 10.2. The molecule has 5 heteroatoms. The highest BCUT2D eigenvalue weighted by Crippen LogP contribution is 2.47. The first-order chi connectivity index (χ1) is 9.74. The molecule has 104 valence electrons. The van der Waals surface area contributed by atoms with Gasteiger partial charge in [0.15, 0.2) is 5.16 Å². The summed E-state index contributed by atoms with van der Waals surface area (Å²) < 4.78 is 2.37. The van der Waals surface area contributed by atoms with E-state index >= 15 is 0 Å². The van der Waals surface area contributed by atoms with Crippen LogP contribution >= 0.6 is 11.8 Å². The number of rotatable bonds is 4. The molecule has 2 aliphatic rings. The molecule has 4 nitrogen and oxygen atoms in total. The van der Waals surface area contributed by atoms with Crippen molar-refractivity contribution in [2.24, 2.45) is 0 Å². The van der Waals surface area contributed by atoms with E-state index in [1.807, 2.05) is 12.1 Å². The average molecular weight is 286 g/mol. The average Bonchev–Trinajstić information content (AvgIpc) is 3.33. The standard InChI is InChI=1S/C15H18N4S/c1-9-3-2-4-12(16)13(9)20-15-18-17-14(10-5-6-10)19(15)11-7-8-11/h2-4,10-11H,5-8,16H2,1H3. The first-order valence-corrected chi connectivity index (χ1v) is 8.03.